The number of nitrogens with one attached hydrogen (secondary N) is 1. The average molecular weight is 181 g/mol. The monoisotopic (exact) mass is 181 g/mol. The van der Waals surface area contributed by atoms with Gasteiger partial charge in [-0.05, 0) is 13.3 Å². The summed E-state index contributed by atoms with van der Waals surface area (Å²) in [4.78, 5) is 23.4. The highest BCUT2D eigenvalue weighted by Gasteiger charge is 2.42. The molecule has 1 aliphatic rings. The summed E-state index contributed by atoms with van der Waals surface area (Å²) in [6.45, 7) is 3.34. The maximum atomic E-state index is 11.2. The molecule has 5 heteroatoms. The summed E-state index contributed by atoms with van der Waals surface area (Å²) >= 11 is 0. The van der Waals surface area contributed by atoms with Gasteiger partial charge >= 0.3 is 6.03 Å². The van der Waals surface area contributed by atoms with Gasteiger partial charge in [-0.2, -0.15) is 5.26 Å². The lowest BCUT2D eigenvalue weighted by atomic mass is 9.99. The van der Waals surface area contributed by atoms with Gasteiger partial charge in [-0.1, -0.05) is 6.92 Å². The number of hydrogen-bond donors (Lipinski definition) is 1. The fraction of sp³-hybridized carbons (Fsp3) is 0.625. The maximum absolute atomic E-state index is 11.2. The molecule has 1 aliphatic heterocycles. The predicted octanol–water partition coefficient (Wildman–Crippen LogP) is 0.230. The van der Waals surface area contributed by atoms with Crippen molar-refractivity contribution in [3.63, 3.8) is 0 Å². The molecule has 0 aromatic rings. The molecule has 0 aromatic carbocycles. The number of carbonyl (C=O) groups excluding carboxylic acids is 2. The van der Waals surface area contributed by atoms with Crippen LogP contribution in [0.3, 0.4) is 0 Å². The van der Waals surface area contributed by atoms with Crippen LogP contribution in [0.15, 0.2) is 0 Å². The third-order valence-corrected chi connectivity index (χ3v) is 2.27. The van der Waals surface area contributed by atoms with E-state index in [1.54, 1.807) is 13.8 Å². The molecular formula is C8H11N3O2. The van der Waals surface area contributed by atoms with Crippen LogP contribution in [0.1, 0.15) is 20.3 Å². The molecule has 0 bridgehead atoms. The van der Waals surface area contributed by atoms with E-state index in [0.29, 0.717) is 6.42 Å². The summed E-state index contributed by atoms with van der Waals surface area (Å²) in [5, 5.41) is 11.2. The molecule has 13 heavy (non-hydrogen) atoms. The third-order valence-electron chi connectivity index (χ3n) is 2.27. The molecule has 1 atom stereocenters. The van der Waals surface area contributed by atoms with Crippen molar-refractivity contribution >= 4 is 11.9 Å². The van der Waals surface area contributed by atoms with E-state index in [1.165, 1.54) is 0 Å². The maximum Gasteiger partial charge on any atom is 0.325 e. The van der Waals surface area contributed by atoms with Crippen LogP contribution in [0.5, 0.6) is 0 Å². The van der Waals surface area contributed by atoms with E-state index >= 15 is 0 Å². The molecule has 1 rings (SSSR count). The van der Waals surface area contributed by atoms with E-state index in [2.05, 4.69) is 5.32 Å². The molecule has 70 valence electrons. The van der Waals surface area contributed by atoms with E-state index in [4.69, 9.17) is 5.26 Å². The topological polar surface area (TPSA) is 73.2 Å². The zero-order valence-electron chi connectivity index (χ0n) is 7.63. The second-order valence-electron chi connectivity index (χ2n) is 3.13. The molecule has 1 unspecified atom stereocenters. The van der Waals surface area contributed by atoms with Crippen molar-refractivity contribution in [3.05, 3.63) is 0 Å². The highest BCUT2D eigenvalue weighted by atomic mass is 16.2. The average Bonchev–Trinajstić information content (AvgIpc) is 2.46. The minimum Gasteiger partial charge on any atom is -0.328 e. The second-order valence-corrected chi connectivity index (χ2v) is 3.13. The molecule has 0 spiro atoms. The summed E-state index contributed by atoms with van der Waals surface area (Å²) in [6.07, 6.45) is 0.433. The van der Waals surface area contributed by atoms with Crippen LogP contribution in [0.25, 0.3) is 0 Å². The Bertz CT molecular complexity index is 278. The molecule has 0 saturated carbocycles. The van der Waals surface area contributed by atoms with Gasteiger partial charge in [0.1, 0.15) is 5.54 Å². The van der Waals surface area contributed by atoms with Crippen LogP contribution in [0.2, 0.25) is 0 Å². The number of rotatable bonds is 2. The predicted molar refractivity (Wildman–Crippen MR) is 44.6 cm³/mol. The van der Waals surface area contributed by atoms with E-state index in [1.807, 2.05) is 6.07 Å². The Morgan fingerprint density at radius 2 is 2.31 bits per heavy atom. The third kappa shape index (κ3) is 1.35. The van der Waals surface area contributed by atoms with Crippen LogP contribution in [0.4, 0.5) is 4.79 Å². The fourth-order valence-corrected chi connectivity index (χ4v) is 1.21. The fourth-order valence-electron chi connectivity index (χ4n) is 1.21. The first-order valence-corrected chi connectivity index (χ1v) is 4.07. The molecule has 1 N–H and O–H groups in total. The van der Waals surface area contributed by atoms with Gasteiger partial charge in [-0.3, -0.25) is 4.79 Å². The van der Waals surface area contributed by atoms with Crippen LogP contribution in [-0.2, 0) is 4.79 Å². The lowest BCUT2D eigenvalue weighted by Crippen LogP contribution is -2.48. The summed E-state index contributed by atoms with van der Waals surface area (Å²) in [6, 6.07) is 1.50. The van der Waals surface area contributed by atoms with E-state index < -0.39 is 11.6 Å². The van der Waals surface area contributed by atoms with Crippen molar-refractivity contribution in [2.45, 2.75) is 25.8 Å². The Hall–Kier alpha value is -1.57. The lowest BCUT2D eigenvalue weighted by molar-refractivity contribution is -0.127. The number of nitriles is 1. The highest BCUT2D eigenvalue weighted by Crippen LogP contribution is 2.20. The molecular weight excluding hydrogens is 170 g/mol. The molecule has 0 radical (unpaired) electrons. The zero-order chi connectivity index (χ0) is 10.1. The standard InChI is InChI=1S/C8H11N3O2/c1-3-8(2,5-9)11-6(12)4-10-7(11)13/h3-4H2,1-2H3,(H,10,13). The van der Waals surface area contributed by atoms with Gasteiger partial charge in [0.15, 0.2) is 0 Å². The normalized spacial score (nSPS) is 20.8. The lowest BCUT2D eigenvalue weighted by Gasteiger charge is -2.28. The molecule has 5 nitrogen and oxygen atoms in total. The Morgan fingerprint density at radius 3 is 2.62 bits per heavy atom. The first kappa shape index (κ1) is 9.52. The number of nitrogens with zero attached hydrogens (tertiary/aromatic N) is 2. The van der Waals surface area contributed by atoms with Crippen LogP contribution < -0.4 is 5.32 Å². The first-order valence-electron chi connectivity index (χ1n) is 4.07. The minimum absolute atomic E-state index is 0.00387. The van der Waals surface area contributed by atoms with Crippen LogP contribution in [0, 0.1) is 11.3 Å². The van der Waals surface area contributed by atoms with Crippen LogP contribution >= 0.6 is 0 Å². The van der Waals surface area contributed by atoms with Crippen molar-refractivity contribution in [2.75, 3.05) is 6.54 Å². The summed E-state index contributed by atoms with van der Waals surface area (Å²) < 4.78 is 0. The summed E-state index contributed by atoms with van der Waals surface area (Å²) in [5.74, 6) is -0.337. The van der Waals surface area contributed by atoms with Gasteiger partial charge in [0.05, 0.1) is 12.6 Å². The van der Waals surface area contributed by atoms with Crippen molar-refractivity contribution in [3.8, 4) is 6.07 Å². The summed E-state index contributed by atoms with van der Waals surface area (Å²) in [7, 11) is 0. The van der Waals surface area contributed by atoms with Gasteiger partial charge in [-0.25, -0.2) is 9.69 Å². The summed E-state index contributed by atoms with van der Waals surface area (Å²) in [5.41, 5.74) is -1.02. The van der Waals surface area contributed by atoms with Gasteiger partial charge in [0.25, 0.3) is 5.91 Å². The van der Waals surface area contributed by atoms with Gasteiger partial charge < -0.3 is 5.32 Å². The second kappa shape index (κ2) is 3.05. The minimum atomic E-state index is -1.02. The number of hydrogen-bond acceptors (Lipinski definition) is 3. The Morgan fingerprint density at radius 1 is 1.69 bits per heavy atom. The van der Waals surface area contributed by atoms with Gasteiger partial charge in [0, 0.05) is 0 Å². The molecule has 1 saturated heterocycles. The molecule has 0 aromatic heterocycles. The Kier molecular flexibility index (Phi) is 2.24. The molecule has 3 amide bonds. The van der Waals surface area contributed by atoms with E-state index in [0.717, 1.165) is 4.90 Å². The highest BCUT2D eigenvalue weighted by molar-refractivity contribution is 6.03. The van der Waals surface area contributed by atoms with Crippen molar-refractivity contribution in [1.82, 2.24) is 10.2 Å². The molecule has 1 fully saturated rings. The Labute approximate surface area is 76.3 Å². The number of amides is 3. The molecule has 0 aliphatic carbocycles. The first-order chi connectivity index (χ1) is 6.05. The largest absolute Gasteiger partial charge is 0.328 e. The number of carbonyl (C=O) groups is 2. The SMILES string of the molecule is CCC(C)(C#N)N1C(=O)CNC1=O. The zero-order valence-corrected chi connectivity index (χ0v) is 7.63. The molecule has 1 heterocycles. The van der Waals surface area contributed by atoms with Gasteiger partial charge in [-0.15, -0.1) is 0 Å². The van der Waals surface area contributed by atoms with Crippen LogP contribution in [-0.4, -0.2) is 28.9 Å². The van der Waals surface area contributed by atoms with Crippen molar-refractivity contribution in [2.24, 2.45) is 0 Å². The van der Waals surface area contributed by atoms with E-state index in [9.17, 15) is 9.59 Å². The van der Waals surface area contributed by atoms with E-state index in [-0.39, 0.29) is 12.5 Å². The Balaban J connectivity index is 2.99. The quantitative estimate of drug-likeness (QED) is 0.620. The van der Waals surface area contributed by atoms with Crippen molar-refractivity contribution < 1.29 is 9.59 Å². The smallest absolute Gasteiger partial charge is 0.325 e. The van der Waals surface area contributed by atoms with Gasteiger partial charge in [0.2, 0.25) is 0 Å². The number of imide groups is 1. The van der Waals surface area contributed by atoms with Crippen molar-refractivity contribution in [1.29, 1.82) is 5.26 Å². The number of urea groups is 1.